The fourth-order valence-electron chi connectivity index (χ4n) is 2.98. The Labute approximate surface area is 192 Å². The standard InChI is InChI=1S/C22H26N6OS2/c1-26(2)12-13-27(15-18-10-8-17(14-23)9-11-18)16-28-22(30)31-21(25-28)24-19-6-4-5-7-20(19)29-3/h4-11H,12-13,15-16H2,1-3H3,(H,24,25). The van der Waals surface area contributed by atoms with Crippen molar-refractivity contribution in [3.63, 3.8) is 0 Å². The molecule has 0 unspecified atom stereocenters. The molecule has 3 rings (SSSR count). The first-order chi connectivity index (χ1) is 15.0. The molecule has 3 aromatic rings. The smallest absolute Gasteiger partial charge is 0.209 e. The van der Waals surface area contributed by atoms with E-state index in [-0.39, 0.29) is 0 Å². The highest BCUT2D eigenvalue weighted by Crippen LogP contribution is 2.28. The SMILES string of the molecule is COc1ccccc1Nc1nn(CN(CCN(C)C)Cc2ccc(C#N)cc2)c(=S)s1. The number of nitriles is 1. The quantitative estimate of drug-likeness (QED) is 0.458. The van der Waals surface area contributed by atoms with E-state index in [0.29, 0.717) is 16.2 Å². The molecule has 9 heteroatoms. The maximum atomic E-state index is 9.02. The summed E-state index contributed by atoms with van der Waals surface area (Å²) in [5.74, 6) is 0.753. The van der Waals surface area contributed by atoms with Gasteiger partial charge in [-0.05, 0) is 56.1 Å². The third kappa shape index (κ3) is 6.60. The Hall–Kier alpha value is -2.77. The molecule has 31 heavy (non-hydrogen) atoms. The molecule has 1 heterocycles. The average Bonchev–Trinajstić information content (AvgIpc) is 3.11. The maximum Gasteiger partial charge on any atom is 0.209 e. The van der Waals surface area contributed by atoms with Crippen LogP contribution in [0.3, 0.4) is 0 Å². The lowest BCUT2D eigenvalue weighted by Gasteiger charge is -2.24. The maximum absolute atomic E-state index is 9.02. The molecule has 162 valence electrons. The molecule has 0 spiro atoms. The van der Waals surface area contributed by atoms with Crippen molar-refractivity contribution in [3.05, 3.63) is 63.6 Å². The van der Waals surface area contributed by atoms with Gasteiger partial charge >= 0.3 is 0 Å². The van der Waals surface area contributed by atoms with Crippen molar-refractivity contribution in [2.45, 2.75) is 13.2 Å². The summed E-state index contributed by atoms with van der Waals surface area (Å²) >= 11 is 7.01. The molecule has 0 aliphatic heterocycles. The van der Waals surface area contributed by atoms with Crippen LogP contribution < -0.4 is 10.1 Å². The van der Waals surface area contributed by atoms with Crippen molar-refractivity contribution < 1.29 is 4.74 Å². The minimum atomic E-state index is 0.580. The van der Waals surface area contributed by atoms with Crippen molar-refractivity contribution in [2.75, 3.05) is 39.6 Å². The van der Waals surface area contributed by atoms with Gasteiger partial charge in [0.15, 0.2) is 3.95 Å². The van der Waals surface area contributed by atoms with Crippen LogP contribution in [0.4, 0.5) is 10.8 Å². The van der Waals surface area contributed by atoms with Gasteiger partial charge in [0, 0.05) is 19.6 Å². The summed E-state index contributed by atoms with van der Waals surface area (Å²) in [4.78, 5) is 4.45. The number of para-hydroxylation sites is 2. The van der Waals surface area contributed by atoms with E-state index in [9.17, 15) is 0 Å². The van der Waals surface area contributed by atoms with Crippen molar-refractivity contribution in [1.29, 1.82) is 5.26 Å². The summed E-state index contributed by atoms with van der Waals surface area (Å²) in [6, 6.07) is 17.6. The molecule has 0 aliphatic carbocycles. The van der Waals surface area contributed by atoms with Gasteiger partial charge in [-0.15, -0.1) is 5.10 Å². The van der Waals surface area contributed by atoms with Crippen LogP contribution in [0.25, 0.3) is 0 Å². The van der Waals surface area contributed by atoms with Gasteiger partial charge in [0.25, 0.3) is 0 Å². The number of nitrogens with zero attached hydrogens (tertiary/aromatic N) is 5. The second kappa shape index (κ2) is 11.0. The first kappa shape index (κ1) is 22.9. The highest BCUT2D eigenvalue weighted by molar-refractivity contribution is 7.73. The lowest BCUT2D eigenvalue weighted by Crippen LogP contribution is -2.33. The summed E-state index contributed by atoms with van der Waals surface area (Å²) in [6.45, 7) is 3.10. The van der Waals surface area contributed by atoms with Crippen LogP contribution in [-0.4, -0.2) is 53.9 Å². The predicted molar refractivity (Wildman–Crippen MR) is 127 cm³/mol. The van der Waals surface area contributed by atoms with E-state index in [2.05, 4.69) is 40.4 Å². The van der Waals surface area contributed by atoms with Crippen molar-refractivity contribution in [3.8, 4) is 11.8 Å². The molecule has 2 aromatic carbocycles. The van der Waals surface area contributed by atoms with E-state index in [1.165, 1.54) is 11.3 Å². The lowest BCUT2D eigenvalue weighted by atomic mass is 10.1. The van der Waals surface area contributed by atoms with E-state index < -0.39 is 0 Å². The number of hydrogen-bond acceptors (Lipinski definition) is 8. The molecule has 0 saturated heterocycles. The number of nitrogens with one attached hydrogen (secondary N) is 1. The van der Waals surface area contributed by atoms with Gasteiger partial charge in [-0.25, -0.2) is 4.68 Å². The third-order valence-corrected chi connectivity index (χ3v) is 5.86. The second-order valence-electron chi connectivity index (χ2n) is 7.30. The van der Waals surface area contributed by atoms with Crippen LogP contribution in [-0.2, 0) is 13.2 Å². The number of anilines is 2. The highest BCUT2D eigenvalue weighted by atomic mass is 32.1. The zero-order chi connectivity index (χ0) is 22.2. The van der Waals surface area contributed by atoms with Crippen LogP contribution >= 0.6 is 23.6 Å². The minimum absolute atomic E-state index is 0.580. The fraction of sp³-hybridized carbons (Fsp3) is 0.318. The van der Waals surface area contributed by atoms with Gasteiger partial charge in [0.2, 0.25) is 5.13 Å². The lowest BCUT2D eigenvalue weighted by molar-refractivity contribution is 0.179. The number of likely N-dealkylation sites (N-methyl/N-ethyl adjacent to an activating group) is 1. The summed E-state index contributed by atoms with van der Waals surface area (Å²) in [7, 11) is 5.76. The van der Waals surface area contributed by atoms with E-state index in [1.807, 2.05) is 53.2 Å². The summed E-state index contributed by atoms with van der Waals surface area (Å²) in [5.41, 5.74) is 2.66. The molecule has 7 nitrogen and oxygen atoms in total. The van der Waals surface area contributed by atoms with E-state index in [0.717, 1.165) is 41.8 Å². The Morgan fingerprint density at radius 3 is 2.58 bits per heavy atom. The van der Waals surface area contributed by atoms with E-state index in [1.54, 1.807) is 7.11 Å². The highest BCUT2D eigenvalue weighted by Gasteiger charge is 2.12. The molecule has 0 radical (unpaired) electrons. The Balaban J connectivity index is 1.75. The van der Waals surface area contributed by atoms with Crippen molar-refractivity contribution in [1.82, 2.24) is 19.6 Å². The summed E-state index contributed by atoms with van der Waals surface area (Å²) in [5, 5.41) is 17.7. The Morgan fingerprint density at radius 1 is 1.16 bits per heavy atom. The third-order valence-electron chi connectivity index (χ3n) is 4.64. The predicted octanol–water partition coefficient (Wildman–Crippen LogP) is 4.32. The van der Waals surface area contributed by atoms with Gasteiger partial charge in [-0.1, -0.05) is 35.6 Å². The molecule has 0 aliphatic rings. The molecular formula is C22H26N6OS2. The molecule has 0 bridgehead atoms. The van der Waals surface area contributed by atoms with Gasteiger partial charge in [0.05, 0.1) is 31.1 Å². The number of ether oxygens (including phenoxy) is 1. The van der Waals surface area contributed by atoms with Crippen LogP contribution in [0.5, 0.6) is 5.75 Å². The molecule has 0 fully saturated rings. The molecule has 0 atom stereocenters. The van der Waals surface area contributed by atoms with Crippen molar-refractivity contribution >= 4 is 34.4 Å². The average molecular weight is 455 g/mol. The first-order valence-corrected chi connectivity index (χ1v) is 11.0. The number of rotatable bonds is 10. The number of aromatic nitrogens is 2. The molecule has 0 amide bonds. The molecular weight excluding hydrogens is 428 g/mol. The number of hydrogen-bond donors (Lipinski definition) is 1. The van der Waals surface area contributed by atoms with E-state index in [4.69, 9.17) is 22.2 Å². The zero-order valence-corrected chi connectivity index (χ0v) is 19.5. The molecule has 1 aromatic heterocycles. The minimum Gasteiger partial charge on any atom is -0.495 e. The second-order valence-corrected chi connectivity index (χ2v) is 8.93. The summed E-state index contributed by atoms with van der Waals surface area (Å²) < 4.78 is 7.95. The van der Waals surface area contributed by atoms with Gasteiger partial charge < -0.3 is 15.0 Å². The van der Waals surface area contributed by atoms with E-state index >= 15 is 0 Å². The Bertz CT molecular complexity index is 1080. The topological polar surface area (TPSA) is 69.3 Å². The normalized spacial score (nSPS) is 11.0. The molecule has 0 saturated carbocycles. The van der Waals surface area contributed by atoms with Gasteiger partial charge in [-0.3, -0.25) is 4.90 Å². The molecule has 1 N–H and O–H groups in total. The first-order valence-electron chi connectivity index (χ1n) is 9.82. The largest absolute Gasteiger partial charge is 0.495 e. The van der Waals surface area contributed by atoms with Gasteiger partial charge in [0.1, 0.15) is 5.75 Å². The Kier molecular flexibility index (Phi) is 8.14. The fourth-order valence-corrected chi connectivity index (χ4v) is 3.99. The zero-order valence-electron chi connectivity index (χ0n) is 17.9. The number of methoxy groups -OCH3 is 1. The van der Waals surface area contributed by atoms with Crippen LogP contribution in [0.15, 0.2) is 48.5 Å². The number of benzene rings is 2. The van der Waals surface area contributed by atoms with Gasteiger partial charge in [-0.2, -0.15) is 5.26 Å². The van der Waals surface area contributed by atoms with Crippen LogP contribution in [0.2, 0.25) is 0 Å². The monoisotopic (exact) mass is 454 g/mol. The van der Waals surface area contributed by atoms with Crippen molar-refractivity contribution in [2.24, 2.45) is 0 Å². The Morgan fingerprint density at radius 2 is 1.90 bits per heavy atom. The van der Waals surface area contributed by atoms with Crippen LogP contribution in [0, 0.1) is 15.3 Å². The summed E-state index contributed by atoms with van der Waals surface area (Å²) in [6.07, 6.45) is 0. The van der Waals surface area contributed by atoms with Crippen LogP contribution in [0.1, 0.15) is 11.1 Å².